The van der Waals surface area contributed by atoms with Crippen LogP contribution in [0.5, 0.6) is 0 Å². The molecule has 3 heteroatoms. The van der Waals surface area contributed by atoms with Gasteiger partial charge in [0.15, 0.2) is 0 Å². The highest BCUT2D eigenvalue weighted by Crippen LogP contribution is 2.38. The van der Waals surface area contributed by atoms with Gasteiger partial charge in [0.1, 0.15) is 5.60 Å². The molecule has 0 aromatic heterocycles. The van der Waals surface area contributed by atoms with Crippen molar-refractivity contribution in [2.24, 2.45) is 5.41 Å². The van der Waals surface area contributed by atoms with Gasteiger partial charge in [0.05, 0.1) is 5.41 Å². The fraction of sp³-hybridized carbons (Fsp3) is 0.929. The normalized spacial score (nSPS) is 23.2. The summed E-state index contributed by atoms with van der Waals surface area (Å²) in [7, 11) is -0.976. The Bertz CT molecular complexity index is 285. The highest BCUT2D eigenvalue weighted by atomic mass is 28.3. The topological polar surface area (TPSA) is 26.3 Å². The Morgan fingerprint density at radius 1 is 1.29 bits per heavy atom. The van der Waals surface area contributed by atoms with Gasteiger partial charge in [-0.25, -0.2) is 0 Å². The van der Waals surface area contributed by atoms with Gasteiger partial charge < -0.3 is 4.74 Å². The lowest BCUT2D eigenvalue weighted by Crippen LogP contribution is -2.44. The first-order valence-corrected chi connectivity index (χ1v) is 10.3. The van der Waals surface area contributed by atoms with Crippen LogP contribution < -0.4 is 0 Å². The van der Waals surface area contributed by atoms with Crippen LogP contribution >= 0.6 is 0 Å². The van der Waals surface area contributed by atoms with E-state index in [1.54, 1.807) is 0 Å². The molecule has 0 aromatic carbocycles. The van der Waals surface area contributed by atoms with Gasteiger partial charge in [0.2, 0.25) is 0 Å². The summed E-state index contributed by atoms with van der Waals surface area (Å²) in [5.74, 6) is -0.0242. The molecular weight excluding hydrogens is 228 g/mol. The third kappa shape index (κ3) is 3.83. The maximum atomic E-state index is 12.1. The first-order chi connectivity index (χ1) is 7.60. The lowest BCUT2D eigenvalue weighted by Gasteiger charge is -2.41. The SMILES string of the molecule is CCC(C)(C)C(=O)OC1(C)CC[Si](C)(C)CC1. The fourth-order valence-electron chi connectivity index (χ4n) is 2.06. The minimum Gasteiger partial charge on any atom is -0.459 e. The first-order valence-electron chi connectivity index (χ1n) is 6.84. The van der Waals surface area contributed by atoms with Crippen molar-refractivity contribution in [1.82, 2.24) is 0 Å². The van der Waals surface area contributed by atoms with Crippen LogP contribution in [0.3, 0.4) is 0 Å². The molecule has 2 nitrogen and oxygen atoms in total. The molecule has 1 saturated heterocycles. The van der Waals surface area contributed by atoms with E-state index in [9.17, 15) is 4.79 Å². The van der Waals surface area contributed by atoms with Crippen molar-refractivity contribution < 1.29 is 9.53 Å². The molecule has 0 atom stereocenters. The quantitative estimate of drug-likeness (QED) is 0.558. The van der Waals surface area contributed by atoms with Crippen molar-refractivity contribution in [3.05, 3.63) is 0 Å². The predicted octanol–water partition coefficient (Wildman–Crippen LogP) is 4.23. The number of hydrogen-bond acceptors (Lipinski definition) is 2. The molecule has 0 amide bonds. The molecule has 17 heavy (non-hydrogen) atoms. The molecule has 0 aliphatic carbocycles. The van der Waals surface area contributed by atoms with Gasteiger partial charge in [-0.1, -0.05) is 32.1 Å². The second-order valence-electron chi connectivity index (χ2n) is 7.24. The molecule has 0 bridgehead atoms. The fourth-order valence-corrected chi connectivity index (χ4v) is 4.73. The molecule has 0 saturated carbocycles. The zero-order valence-electron chi connectivity index (χ0n) is 12.4. The van der Waals surface area contributed by atoms with Crippen LogP contribution in [-0.2, 0) is 9.53 Å². The molecule has 1 heterocycles. The number of ether oxygens (including phenoxy) is 1. The van der Waals surface area contributed by atoms with E-state index in [1.165, 1.54) is 12.1 Å². The summed E-state index contributed by atoms with van der Waals surface area (Å²) in [5.41, 5.74) is -0.542. The minimum atomic E-state index is -0.976. The Morgan fingerprint density at radius 2 is 1.76 bits per heavy atom. The van der Waals surface area contributed by atoms with E-state index in [1.807, 2.05) is 20.8 Å². The first kappa shape index (κ1) is 14.7. The Labute approximate surface area is 107 Å². The van der Waals surface area contributed by atoms with Gasteiger partial charge in [0, 0.05) is 8.07 Å². The molecule has 1 aliphatic rings. The summed E-state index contributed by atoms with van der Waals surface area (Å²) in [6.07, 6.45) is 2.94. The van der Waals surface area contributed by atoms with Crippen LogP contribution in [0.25, 0.3) is 0 Å². The number of hydrogen-bond donors (Lipinski definition) is 0. The lowest BCUT2D eigenvalue weighted by atomic mass is 9.89. The second kappa shape index (κ2) is 4.75. The van der Waals surface area contributed by atoms with Crippen molar-refractivity contribution >= 4 is 14.0 Å². The molecule has 0 N–H and O–H groups in total. The van der Waals surface area contributed by atoms with Crippen molar-refractivity contribution in [3.63, 3.8) is 0 Å². The van der Waals surface area contributed by atoms with E-state index in [-0.39, 0.29) is 17.0 Å². The summed E-state index contributed by atoms with van der Waals surface area (Å²) >= 11 is 0. The summed E-state index contributed by atoms with van der Waals surface area (Å²) in [4.78, 5) is 12.1. The average Bonchev–Trinajstić information content (AvgIpc) is 2.23. The maximum Gasteiger partial charge on any atom is 0.312 e. The Kier molecular flexibility index (Phi) is 4.12. The summed E-state index contributed by atoms with van der Waals surface area (Å²) in [6.45, 7) is 13.0. The van der Waals surface area contributed by atoms with Gasteiger partial charge in [-0.2, -0.15) is 0 Å². The molecule has 1 fully saturated rings. The molecule has 1 aliphatic heterocycles. The maximum absolute atomic E-state index is 12.1. The van der Waals surface area contributed by atoms with Gasteiger partial charge in [-0.3, -0.25) is 4.79 Å². The molecule has 0 radical (unpaired) electrons. The van der Waals surface area contributed by atoms with Gasteiger partial charge >= 0.3 is 5.97 Å². The van der Waals surface area contributed by atoms with E-state index >= 15 is 0 Å². The van der Waals surface area contributed by atoms with Crippen LogP contribution in [-0.4, -0.2) is 19.6 Å². The molecule has 1 rings (SSSR count). The highest BCUT2D eigenvalue weighted by molar-refractivity contribution is 6.77. The van der Waals surface area contributed by atoms with E-state index < -0.39 is 8.07 Å². The molecule has 100 valence electrons. The average molecular weight is 256 g/mol. The zero-order chi connectivity index (χ0) is 13.3. The van der Waals surface area contributed by atoms with E-state index in [2.05, 4.69) is 20.0 Å². The van der Waals surface area contributed by atoms with Gasteiger partial charge in [-0.15, -0.1) is 0 Å². The largest absolute Gasteiger partial charge is 0.459 e. The van der Waals surface area contributed by atoms with E-state index in [4.69, 9.17) is 4.74 Å². The number of rotatable bonds is 3. The Hall–Kier alpha value is -0.313. The smallest absolute Gasteiger partial charge is 0.312 e. The molecule has 0 spiro atoms. The number of esters is 1. The van der Waals surface area contributed by atoms with Crippen molar-refractivity contribution in [1.29, 1.82) is 0 Å². The molecular formula is C14H28O2Si. The van der Waals surface area contributed by atoms with E-state index in [0.29, 0.717) is 0 Å². The Balaban J connectivity index is 2.60. The van der Waals surface area contributed by atoms with Crippen LogP contribution in [0.15, 0.2) is 0 Å². The third-order valence-corrected chi connectivity index (χ3v) is 7.64. The van der Waals surface area contributed by atoms with Crippen molar-refractivity contribution in [3.8, 4) is 0 Å². The number of carbonyl (C=O) groups is 1. The highest BCUT2D eigenvalue weighted by Gasteiger charge is 2.40. The summed E-state index contributed by atoms with van der Waals surface area (Å²) in [5, 5.41) is 0. The second-order valence-corrected chi connectivity index (χ2v) is 12.6. The van der Waals surface area contributed by atoms with Crippen LogP contribution in [0.4, 0.5) is 0 Å². The molecule has 0 unspecified atom stereocenters. The zero-order valence-corrected chi connectivity index (χ0v) is 13.4. The van der Waals surface area contributed by atoms with Crippen molar-refractivity contribution in [2.45, 2.75) is 77.7 Å². The lowest BCUT2D eigenvalue weighted by molar-refractivity contribution is -0.170. The number of carbonyl (C=O) groups excluding carboxylic acids is 1. The van der Waals surface area contributed by atoms with Gasteiger partial charge in [-0.05, 0) is 40.0 Å². The van der Waals surface area contributed by atoms with Crippen molar-refractivity contribution in [2.75, 3.05) is 0 Å². The predicted molar refractivity (Wildman–Crippen MR) is 74.9 cm³/mol. The standard InChI is InChI=1S/C14H28O2Si/c1-7-13(2,3)12(15)16-14(4)8-10-17(5,6)11-9-14/h7-11H2,1-6H3. The van der Waals surface area contributed by atoms with Crippen LogP contribution in [0.1, 0.15) is 47.0 Å². The summed E-state index contributed by atoms with van der Waals surface area (Å²) < 4.78 is 5.81. The monoisotopic (exact) mass is 256 g/mol. The van der Waals surface area contributed by atoms with Crippen LogP contribution in [0, 0.1) is 5.41 Å². The Morgan fingerprint density at radius 3 is 2.18 bits per heavy atom. The van der Waals surface area contributed by atoms with E-state index in [0.717, 1.165) is 19.3 Å². The summed E-state index contributed by atoms with van der Waals surface area (Å²) in [6, 6.07) is 2.56. The van der Waals surface area contributed by atoms with Crippen LogP contribution in [0.2, 0.25) is 25.2 Å². The molecule has 0 aromatic rings. The minimum absolute atomic E-state index is 0.0242. The third-order valence-electron chi connectivity index (χ3n) is 4.44. The van der Waals surface area contributed by atoms with Gasteiger partial charge in [0.25, 0.3) is 0 Å².